The first-order valence-corrected chi connectivity index (χ1v) is 6.35. The number of carbonyl (C=O) groups is 1. The average molecular weight is 212 g/mol. The lowest BCUT2D eigenvalue weighted by Gasteiger charge is -2.25. The van der Waals surface area contributed by atoms with Crippen LogP contribution in [0.3, 0.4) is 0 Å². The van der Waals surface area contributed by atoms with E-state index in [1.165, 1.54) is 19.3 Å². The molecule has 0 heterocycles. The molecule has 0 N–H and O–H groups in total. The Labute approximate surface area is 93.4 Å². The third-order valence-corrected chi connectivity index (χ3v) is 3.38. The second kappa shape index (κ2) is 6.14. The zero-order chi connectivity index (χ0) is 11.3. The zero-order valence-corrected chi connectivity index (χ0v) is 10.3. The van der Waals surface area contributed by atoms with Crippen LogP contribution >= 0.6 is 0 Å². The summed E-state index contributed by atoms with van der Waals surface area (Å²) in [7, 11) is 0. The largest absolute Gasteiger partial charge is 0.462 e. The second-order valence-electron chi connectivity index (χ2n) is 4.96. The van der Waals surface area contributed by atoms with Gasteiger partial charge in [-0.15, -0.1) is 0 Å². The van der Waals surface area contributed by atoms with E-state index in [-0.39, 0.29) is 18.0 Å². The third-order valence-electron chi connectivity index (χ3n) is 3.38. The number of rotatable bonds is 4. The van der Waals surface area contributed by atoms with Crippen molar-refractivity contribution in [3.8, 4) is 0 Å². The van der Waals surface area contributed by atoms with Crippen molar-refractivity contribution < 1.29 is 9.53 Å². The van der Waals surface area contributed by atoms with Gasteiger partial charge in [0.2, 0.25) is 0 Å². The van der Waals surface area contributed by atoms with E-state index in [1.54, 1.807) is 0 Å². The summed E-state index contributed by atoms with van der Waals surface area (Å²) in [6, 6.07) is 0. The van der Waals surface area contributed by atoms with Crippen molar-refractivity contribution in [1.82, 2.24) is 0 Å². The van der Waals surface area contributed by atoms with Gasteiger partial charge < -0.3 is 4.74 Å². The van der Waals surface area contributed by atoms with Crippen LogP contribution in [0.25, 0.3) is 0 Å². The summed E-state index contributed by atoms with van der Waals surface area (Å²) in [5, 5.41) is 0. The third kappa shape index (κ3) is 3.84. The molecule has 1 aliphatic rings. The van der Waals surface area contributed by atoms with Gasteiger partial charge in [-0.2, -0.15) is 0 Å². The van der Waals surface area contributed by atoms with Gasteiger partial charge in [0, 0.05) is 0 Å². The lowest BCUT2D eigenvalue weighted by molar-refractivity contribution is -0.157. The summed E-state index contributed by atoms with van der Waals surface area (Å²) in [5.74, 6) is 0.511. The van der Waals surface area contributed by atoms with Crippen molar-refractivity contribution in [2.45, 2.75) is 65.4 Å². The molecule has 0 bridgehead atoms. The van der Waals surface area contributed by atoms with E-state index in [2.05, 4.69) is 20.8 Å². The number of hydrogen-bond acceptors (Lipinski definition) is 2. The fourth-order valence-electron chi connectivity index (χ4n) is 2.34. The number of carbonyl (C=O) groups excluding carboxylic acids is 1. The molecule has 0 aromatic carbocycles. The van der Waals surface area contributed by atoms with Crippen LogP contribution in [0, 0.1) is 11.8 Å². The van der Waals surface area contributed by atoms with Gasteiger partial charge in [0.15, 0.2) is 0 Å². The molecule has 88 valence electrons. The van der Waals surface area contributed by atoms with Crippen LogP contribution in [0.15, 0.2) is 0 Å². The Morgan fingerprint density at radius 3 is 2.33 bits per heavy atom. The number of esters is 1. The zero-order valence-electron chi connectivity index (χ0n) is 10.3. The van der Waals surface area contributed by atoms with Gasteiger partial charge in [0.25, 0.3) is 0 Å². The molecular formula is C13H24O2. The van der Waals surface area contributed by atoms with E-state index >= 15 is 0 Å². The molecule has 2 nitrogen and oxygen atoms in total. The Bertz CT molecular complexity index is 193. The highest BCUT2D eigenvalue weighted by atomic mass is 16.5. The summed E-state index contributed by atoms with van der Waals surface area (Å²) in [5.41, 5.74) is 0. The summed E-state index contributed by atoms with van der Waals surface area (Å²) in [6.07, 6.45) is 6.98. The quantitative estimate of drug-likeness (QED) is 0.666. The predicted octanol–water partition coefficient (Wildman–Crippen LogP) is 3.54. The first-order valence-electron chi connectivity index (χ1n) is 6.35. The maximum absolute atomic E-state index is 11.9. The van der Waals surface area contributed by atoms with Crippen LogP contribution in [-0.4, -0.2) is 12.1 Å². The van der Waals surface area contributed by atoms with Crippen LogP contribution in [0.1, 0.15) is 59.3 Å². The van der Waals surface area contributed by atoms with Gasteiger partial charge in [-0.3, -0.25) is 4.79 Å². The Kier molecular flexibility index (Phi) is 5.13. The van der Waals surface area contributed by atoms with Crippen molar-refractivity contribution in [3.63, 3.8) is 0 Å². The minimum Gasteiger partial charge on any atom is -0.462 e. The summed E-state index contributed by atoms with van der Waals surface area (Å²) < 4.78 is 5.57. The molecule has 1 unspecified atom stereocenters. The highest BCUT2D eigenvalue weighted by molar-refractivity contribution is 5.72. The molecule has 2 heteroatoms. The van der Waals surface area contributed by atoms with Gasteiger partial charge in [0.05, 0.1) is 5.92 Å². The Morgan fingerprint density at radius 2 is 1.87 bits per heavy atom. The van der Waals surface area contributed by atoms with E-state index in [9.17, 15) is 4.79 Å². The highest BCUT2D eigenvalue weighted by Gasteiger charge is 2.25. The molecule has 0 radical (unpaired) electrons. The van der Waals surface area contributed by atoms with E-state index in [1.807, 2.05) is 0 Å². The first kappa shape index (κ1) is 12.5. The van der Waals surface area contributed by atoms with Crippen molar-refractivity contribution in [3.05, 3.63) is 0 Å². The fourth-order valence-corrected chi connectivity index (χ4v) is 2.34. The monoisotopic (exact) mass is 212 g/mol. The van der Waals surface area contributed by atoms with E-state index in [0.717, 1.165) is 19.3 Å². The number of ether oxygens (including phenoxy) is 1. The molecule has 1 aliphatic carbocycles. The second-order valence-corrected chi connectivity index (χ2v) is 4.96. The summed E-state index contributed by atoms with van der Waals surface area (Å²) in [6.45, 7) is 6.25. The summed E-state index contributed by atoms with van der Waals surface area (Å²) in [4.78, 5) is 11.9. The topological polar surface area (TPSA) is 26.3 Å². The van der Waals surface area contributed by atoms with Gasteiger partial charge in [-0.1, -0.05) is 27.2 Å². The Morgan fingerprint density at radius 1 is 1.27 bits per heavy atom. The van der Waals surface area contributed by atoms with Crippen LogP contribution < -0.4 is 0 Å². The molecule has 0 aromatic heterocycles. The molecule has 1 fully saturated rings. The molecule has 0 aromatic rings. The van der Waals surface area contributed by atoms with Crippen molar-refractivity contribution >= 4 is 5.97 Å². The minimum atomic E-state index is 0.0272. The van der Waals surface area contributed by atoms with Crippen LogP contribution in [-0.2, 0) is 9.53 Å². The highest BCUT2D eigenvalue weighted by Crippen LogP contribution is 2.23. The van der Waals surface area contributed by atoms with Gasteiger partial charge in [-0.05, 0) is 38.0 Å². The lowest BCUT2D eigenvalue weighted by Crippen LogP contribution is -2.28. The average Bonchev–Trinajstić information content (AvgIpc) is 2.19. The molecule has 1 rings (SSSR count). The maximum atomic E-state index is 11.9. The normalized spacial score (nSPS) is 20.3. The van der Waals surface area contributed by atoms with Crippen molar-refractivity contribution in [1.29, 1.82) is 0 Å². The molecular weight excluding hydrogens is 188 g/mol. The van der Waals surface area contributed by atoms with Crippen molar-refractivity contribution in [2.75, 3.05) is 0 Å². The molecule has 1 saturated carbocycles. The SMILES string of the molecule is CCC(C(=O)OC1CCCCC1)C(C)C. The molecule has 0 saturated heterocycles. The molecule has 15 heavy (non-hydrogen) atoms. The predicted molar refractivity (Wildman–Crippen MR) is 61.6 cm³/mol. The van der Waals surface area contributed by atoms with E-state index < -0.39 is 0 Å². The number of hydrogen-bond donors (Lipinski definition) is 0. The van der Waals surface area contributed by atoms with Crippen LogP contribution in [0.5, 0.6) is 0 Å². The molecule has 0 amide bonds. The standard InChI is InChI=1S/C13H24O2/c1-4-12(10(2)3)13(14)15-11-8-6-5-7-9-11/h10-12H,4-9H2,1-3H3. The van der Waals surface area contributed by atoms with E-state index in [4.69, 9.17) is 4.74 Å². The molecule has 0 aliphatic heterocycles. The van der Waals surface area contributed by atoms with Crippen LogP contribution in [0.2, 0.25) is 0 Å². The minimum absolute atomic E-state index is 0.0272. The Balaban J connectivity index is 2.38. The summed E-state index contributed by atoms with van der Waals surface area (Å²) >= 11 is 0. The van der Waals surface area contributed by atoms with Gasteiger partial charge in [-0.25, -0.2) is 0 Å². The first-order chi connectivity index (χ1) is 7.15. The molecule has 1 atom stereocenters. The van der Waals surface area contributed by atoms with Gasteiger partial charge >= 0.3 is 5.97 Å². The lowest BCUT2D eigenvalue weighted by atomic mass is 9.93. The van der Waals surface area contributed by atoms with Crippen molar-refractivity contribution in [2.24, 2.45) is 11.8 Å². The smallest absolute Gasteiger partial charge is 0.309 e. The Hall–Kier alpha value is -0.530. The molecule has 0 spiro atoms. The van der Waals surface area contributed by atoms with E-state index in [0.29, 0.717) is 5.92 Å². The fraction of sp³-hybridized carbons (Fsp3) is 0.923. The van der Waals surface area contributed by atoms with Gasteiger partial charge in [0.1, 0.15) is 6.10 Å². The maximum Gasteiger partial charge on any atom is 0.309 e. The van der Waals surface area contributed by atoms with Crippen LogP contribution in [0.4, 0.5) is 0 Å².